The van der Waals surface area contributed by atoms with Crippen molar-refractivity contribution in [1.82, 2.24) is 0 Å². The van der Waals surface area contributed by atoms with Crippen molar-refractivity contribution in [1.29, 1.82) is 0 Å². The van der Waals surface area contributed by atoms with Crippen LogP contribution in [0, 0.1) is 23.7 Å². The number of aryl methyl sites for hydroxylation is 1. The summed E-state index contributed by atoms with van der Waals surface area (Å²) in [7, 11) is 0. The zero-order valence-electron chi connectivity index (χ0n) is 17.7. The van der Waals surface area contributed by atoms with Crippen LogP contribution in [0.1, 0.15) is 107 Å². The van der Waals surface area contributed by atoms with Crippen LogP contribution in [0.5, 0.6) is 0 Å². The van der Waals surface area contributed by atoms with Gasteiger partial charge in [0.1, 0.15) is 0 Å². The van der Waals surface area contributed by atoms with Crippen LogP contribution >= 0.6 is 0 Å². The number of carbonyl (C=O) groups is 1. The minimum absolute atomic E-state index is 0.363. The van der Waals surface area contributed by atoms with E-state index in [0.717, 1.165) is 42.6 Å². The highest BCUT2D eigenvalue weighted by Crippen LogP contribution is 2.42. The van der Waals surface area contributed by atoms with Gasteiger partial charge in [0.2, 0.25) is 0 Å². The molecular weight excluding hydrogens is 328 g/mol. The smallest absolute Gasteiger partial charge is 0.163 e. The summed E-state index contributed by atoms with van der Waals surface area (Å²) >= 11 is 0. The van der Waals surface area contributed by atoms with Crippen LogP contribution in [0.4, 0.5) is 0 Å². The van der Waals surface area contributed by atoms with Crippen molar-refractivity contribution >= 4 is 5.78 Å². The second-order valence-electron chi connectivity index (χ2n) is 9.42. The van der Waals surface area contributed by atoms with Crippen LogP contribution in [-0.2, 0) is 6.42 Å². The van der Waals surface area contributed by atoms with Crippen molar-refractivity contribution in [2.45, 2.75) is 97.3 Å². The minimum atomic E-state index is 0.363. The Morgan fingerprint density at radius 2 is 1.33 bits per heavy atom. The molecule has 0 atom stereocenters. The maximum Gasteiger partial charge on any atom is 0.163 e. The van der Waals surface area contributed by atoms with Crippen LogP contribution in [0.2, 0.25) is 0 Å². The van der Waals surface area contributed by atoms with Gasteiger partial charge >= 0.3 is 0 Å². The van der Waals surface area contributed by atoms with E-state index in [1.807, 2.05) is 12.1 Å². The zero-order chi connectivity index (χ0) is 19.1. The van der Waals surface area contributed by atoms with Gasteiger partial charge in [0.15, 0.2) is 5.78 Å². The minimum Gasteiger partial charge on any atom is -0.294 e. The van der Waals surface area contributed by atoms with Crippen molar-refractivity contribution in [2.75, 3.05) is 0 Å². The number of Topliss-reactive ketones (excluding diaryl/α,β-unsaturated/α-hetero) is 1. The second kappa shape index (κ2) is 10.4. The Balaban J connectivity index is 1.41. The predicted molar refractivity (Wildman–Crippen MR) is 115 cm³/mol. The van der Waals surface area contributed by atoms with Crippen molar-refractivity contribution < 1.29 is 4.79 Å². The van der Waals surface area contributed by atoms with Crippen LogP contribution < -0.4 is 0 Å². The molecule has 2 aliphatic carbocycles. The fourth-order valence-corrected chi connectivity index (χ4v) is 5.75. The van der Waals surface area contributed by atoms with E-state index in [9.17, 15) is 4.79 Å². The predicted octanol–water partition coefficient (Wildman–Crippen LogP) is 7.62. The number of hydrogen-bond acceptors (Lipinski definition) is 1. The number of rotatable bonds is 8. The maximum atomic E-state index is 12.7. The van der Waals surface area contributed by atoms with Gasteiger partial charge < -0.3 is 0 Å². The van der Waals surface area contributed by atoms with Gasteiger partial charge in [-0.05, 0) is 74.2 Å². The van der Waals surface area contributed by atoms with Crippen molar-refractivity contribution in [3.05, 3.63) is 35.4 Å². The molecule has 3 rings (SSSR count). The van der Waals surface area contributed by atoms with Crippen molar-refractivity contribution in [3.8, 4) is 0 Å². The van der Waals surface area contributed by atoms with Crippen LogP contribution in [-0.4, -0.2) is 5.78 Å². The number of carbonyl (C=O) groups excluding carboxylic acids is 1. The van der Waals surface area contributed by atoms with E-state index >= 15 is 0 Å². The summed E-state index contributed by atoms with van der Waals surface area (Å²) in [6.45, 7) is 4.53. The van der Waals surface area contributed by atoms with Gasteiger partial charge in [-0.1, -0.05) is 70.2 Å². The Morgan fingerprint density at radius 3 is 1.85 bits per heavy atom. The standard InChI is InChI=1S/C26H40O/c1-3-5-20-7-13-23(14-8-20)24-15-11-22(12-16-24)19-26(27)25-17-9-21(6-4-2)10-18-25/h9-10,17-18,20,22-24H,3-8,11-16,19H2,1-2H3. The van der Waals surface area contributed by atoms with Gasteiger partial charge in [0.25, 0.3) is 0 Å². The molecule has 0 N–H and O–H groups in total. The number of ketones is 1. The molecule has 2 aliphatic rings. The average Bonchev–Trinajstić information content (AvgIpc) is 2.70. The van der Waals surface area contributed by atoms with E-state index < -0.39 is 0 Å². The Labute approximate surface area is 167 Å². The van der Waals surface area contributed by atoms with Crippen molar-refractivity contribution in [2.24, 2.45) is 23.7 Å². The van der Waals surface area contributed by atoms with E-state index in [1.165, 1.54) is 69.8 Å². The van der Waals surface area contributed by atoms with Crippen LogP contribution in [0.3, 0.4) is 0 Å². The summed E-state index contributed by atoms with van der Waals surface area (Å²) < 4.78 is 0. The molecule has 27 heavy (non-hydrogen) atoms. The molecular formula is C26H40O. The molecule has 0 bridgehead atoms. The molecule has 0 aromatic heterocycles. The molecule has 0 radical (unpaired) electrons. The Kier molecular flexibility index (Phi) is 7.97. The van der Waals surface area contributed by atoms with E-state index in [4.69, 9.17) is 0 Å². The van der Waals surface area contributed by atoms with Gasteiger partial charge in [-0.25, -0.2) is 0 Å². The zero-order valence-corrected chi connectivity index (χ0v) is 17.7. The Hall–Kier alpha value is -1.11. The summed E-state index contributed by atoms with van der Waals surface area (Å²) in [5.74, 6) is 3.94. The van der Waals surface area contributed by atoms with E-state index in [0.29, 0.717) is 11.7 Å². The molecule has 0 unspecified atom stereocenters. The number of benzene rings is 1. The topological polar surface area (TPSA) is 17.1 Å². The molecule has 1 aromatic rings. The molecule has 2 saturated carbocycles. The highest BCUT2D eigenvalue weighted by atomic mass is 16.1. The Morgan fingerprint density at radius 1 is 0.778 bits per heavy atom. The lowest BCUT2D eigenvalue weighted by atomic mass is 9.68. The average molecular weight is 369 g/mol. The molecule has 1 heteroatoms. The van der Waals surface area contributed by atoms with Gasteiger partial charge in [0, 0.05) is 12.0 Å². The van der Waals surface area contributed by atoms with E-state index in [2.05, 4.69) is 26.0 Å². The van der Waals surface area contributed by atoms with Crippen LogP contribution in [0.25, 0.3) is 0 Å². The quantitative estimate of drug-likeness (QED) is 0.431. The summed E-state index contributed by atoms with van der Waals surface area (Å²) in [5, 5.41) is 0. The maximum absolute atomic E-state index is 12.7. The molecule has 1 aromatic carbocycles. The van der Waals surface area contributed by atoms with Gasteiger partial charge in [0.05, 0.1) is 0 Å². The SMILES string of the molecule is CCCc1ccc(C(=O)CC2CCC(C3CCC(CCC)CC3)CC2)cc1. The molecule has 0 heterocycles. The summed E-state index contributed by atoms with van der Waals surface area (Å²) in [5.41, 5.74) is 2.27. The van der Waals surface area contributed by atoms with Crippen molar-refractivity contribution in [3.63, 3.8) is 0 Å². The molecule has 0 saturated heterocycles. The fourth-order valence-electron chi connectivity index (χ4n) is 5.75. The third kappa shape index (κ3) is 5.93. The third-order valence-electron chi connectivity index (χ3n) is 7.44. The fraction of sp³-hybridized carbons (Fsp3) is 0.731. The summed E-state index contributed by atoms with van der Waals surface area (Å²) in [4.78, 5) is 12.7. The van der Waals surface area contributed by atoms with Gasteiger partial charge in [-0.3, -0.25) is 4.79 Å². The van der Waals surface area contributed by atoms with Crippen LogP contribution in [0.15, 0.2) is 24.3 Å². The molecule has 0 aliphatic heterocycles. The summed E-state index contributed by atoms with van der Waals surface area (Å²) in [6, 6.07) is 8.38. The van der Waals surface area contributed by atoms with Gasteiger partial charge in [-0.15, -0.1) is 0 Å². The molecule has 150 valence electrons. The molecule has 1 nitrogen and oxygen atoms in total. The largest absolute Gasteiger partial charge is 0.294 e. The normalized spacial score (nSPS) is 28.8. The monoisotopic (exact) mass is 368 g/mol. The second-order valence-corrected chi connectivity index (χ2v) is 9.42. The molecule has 0 amide bonds. The lowest BCUT2D eigenvalue weighted by molar-refractivity contribution is 0.0920. The highest BCUT2D eigenvalue weighted by Gasteiger charge is 2.31. The summed E-state index contributed by atoms with van der Waals surface area (Å²) in [6.07, 6.45) is 17.0. The third-order valence-corrected chi connectivity index (χ3v) is 7.44. The molecule has 0 spiro atoms. The van der Waals surface area contributed by atoms with E-state index in [-0.39, 0.29) is 0 Å². The molecule has 2 fully saturated rings. The van der Waals surface area contributed by atoms with Gasteiger partial charge in [-0.2, -0.15) is 0 Å². The lowest BCUT2D eigenvalue weighted by Crippen LogP contribution is -2.26. The first kappa shape index (κ1) is 20.6. The first-order valence-corrected chi connectivity index (χ1v) is 11.8. The lowest BCUT2D eigenvalue weighted by Gasteiger charge is -2.37. The number of hydrogen-bond donors (Lipinski definition) is 0. The Bertz CT molecular complexity index is 556. The first-order chi connectivity index (χ1) is 13.2. The van der Waals surface area contributed by atoms with E-state index in [1.54, 1.807) is 0 Å². The first-order valence-electron chi connectivity index (χ1n) is 11.8. The highest BCUT2D eigenvalue weighted by molar-refractivity contribution is 5.96.